The van der Waals surface area contributed by atoms with Crippen LogP contribution in [0.25, 0.3) is 0 Å². The van der Waals surface area contributed by atoms with Crippen LogP contribution in [0.1, 0.15) is 51.8 Å². The Morgan fingerprint density at radius 2 is 1.94 bits per heavy atom. The van der Waals surface area contributed by atoms with Gasteiger partial charge >= 0.3 is 0 Å². The summed E-state index contributed by atoms with van der Waals surface area (Å²) in [6.07, 6.45) is 3.52. The third-order valence-electron chi connectivity index (χ3n) is 6.23. The summed E-state index contributed by atoms with van der Waals surface area (Å²) in [6, 6.07) is 13.4. The van der Waals surface area contributed by atoms with Crippen LogP contribution in [-0.2, 0) is 11.3 Å². The summed E-state index contributed by atoms with van der Waals surface area (Å²) < 4.78 is 1.97. The van der Waals surface area contributed by atoms with Crippen molar-refractivity contribution in [2.45, 2.75) is 51.4 Å². The molecule has 1 N–H and O–H groups in total. The number of carbonyl (C=O) groups excluding carboxylic acids is 2. The van der Waals surface area contributed by atoms with E-state index in [1.807, 2.05) is 72.7 Å². The number of allylic oxidation sites excluding steroid dienone is 1. The number of carbonyl (C=O) groups is 2. The van der Waals surface area contributed by atoms with Crippen molar-refractivity contribution >= 4 is 29.3 Å². The quantitative estimate of drug-likeness (QED) is 0.352. The van der Waals surface area contributed by atoms with Crippen molar-refractivity contribution in [3.05, 3.63) is 83.2 Å². The molecule has 7 nitrogen and oxygen atoms in total. The lowest BCUT2D eigenvalue weighted by Crippen LogP contribution is -2.32. The highest BCUT2D eigenvalue weighted by Gasteiger charge is 2.35. The molecule has 3 aromatic rings. The number of nitrogens with zero attached hydrogens (tertiary/aromatic N) is 4. The Balaban J connectivity index is 1.50. The predicted octanol–water partition coefficient (Wildman–Crippen LogP) is 5.10. The van der Waals surface area contributed by atoms with E-state index >= 15 is 0 Å². The molecule has 1 fully saturated rings. The lowest BCUT2D eigenvalue weighted by atomic mass is 10.1. The predicted molar refractivity (Wildman–Crippen MR) is 140 cm³/mol. The van der Waals surface area contributed by atoms with Gasteiger partial charge in [0, 0.05) is 24.3 Å². The first-order chi connectivity index (χ1) is 16.9. The van der Waals surface area contributed by atoms with Gasteiger partial charge in [-0.2, -0.15) is 0 Å². The van der Waals surface area contributed by atoms with E-state index in [-0.39, 0.29) is 23.6 Å². The van der Waals surface area contributed by atoms with E-state index in [2.05, 4.69) is 22.1 Å². The molecule has 1 aliphatic rings. The molecule has 0 bridgehead atoms. The third kappa shape index (κ3) is 5.48. The molecule has 2 aromatic carbocycles. The molecule has 0 radical (unpaired) electrons. The molecule has 1 aliphatic heterocycles. The Morgan fingerprint density at radius 1 is 1.14 bits per heavy atom. The highest BCUT2D eigenvalue weighted by Crippen LogP contribution is 2.34. The van der Waals surface area contributed by atoms with E-state index in [9.17, 15) is 9.59 Å². The molecule has 0 spiro atoms. The molecule has 4 rings (SSSR count). The Kier molecular flexibility index (Phi) is 7.70. The van der Waals surface area contributed by atoms with Gasteiger partial charge in [-0.05, 0) is 56.9 Å². The SMILES string of the molecule is C=CCn1c(SCC(=O)Nc2ccc(C)cc2C)nnc1C1CCCN1C(=O)c1ccccc1C. The number of aromatic nitrogens is 3. The number of likely N-dealkylation sites (tertiary alicyclic amines) is 1. The number of hydrogen-bond acceptors (Lipinski definition) is 5. The van der Waals surface area contributed by atoms with Crippen molar-refractivity contribution in [2.75, 3.05) is 17.6 Å². The van der Waals surface area contributed by atoms with Crippen LogP contribution < -0.4 is 5.32 Å². The molecule has 2 heterocycles. The van der Waals surface area contributed by atoms with E-state index in [4.69, 9.17) is 0 Å². The van der Waals surface area contributed by atoms with E-state index in [1.54, 1.807) is 6.08 Å². The highest BCUT2D eigenvalue weighted by molar-refractivity contribution is 7.99. The van der Waals surface area contributed by atoms with Gasteiger partial charge in [-0.15, -0.1) is 16.8 Å². The average molecular weight is 490 g/mol. The normalized spacial score (nSPS) is 15.3. The molecule has 35 heavy (non-hydrogen) atoms. The molecule has 1 atom stereocenters. The molecular formula is C27H31N5O2S. The van der Waals surface area contributed by atoms with Crippen LogP contribution in [0.5, 0.6) is 0 Å². The molecule has 1 saturated heterocycles. The van der Waals surface area contributed by atoms with E-state index < -0.39 is 0 Å². The molecule has 1 unspecified atom stereocenters. The Bertz CT molecular complexity index is 1250. The Morgan fingerprint density at radius 3 is 2.69 bits per heavy atom. The molecule has 0 saturated carbocycles. The van der Waals surface area contributed by atoms with Crippen LogP contribution in [-0.4, -0.2) is 43.8 Å². The van der Waals surface area contributed by atoms with Crippen molar-refractivity contribution in [1.29, 1.82) is 0 Å². The molecule has 0 aliphatic carbocycles. The first-order valence-electron chi connectivity index (χ1n) is 11.8. The summed E-state index contributed by atoms with van der Waals surface area (Å²) in [5.41, 5.74) is 4.67. The minimum absolute atomic E-state index is 0.0146. The van der Waals surface area contributed by atoms with Crippen molar-refractivity contribution in [1.82, 2.24) is 19.7 Å². The van der Waals surface area contributed by atoms with E-state index in [1.165, 1.54) is 11.8 Å². The molecular weight excluding hydrogens is 458 g/mol. The molecule has 8 heteroatoms. The number of nitrogens with one attached hydrogen (secondary N) is 1. The number of benzene rings is 2. The maximum atomic E-state index is 13.4. The maximum Gasteiger partial charge on any atom is 0.254 e. The first kappa shape index (κ1) is 24.7. The summed E-state index contributed by atoms with van der Waals surface area (Å²) in [7, 11) is 0. The summed E-state index contributed by atoms with van der Waals surface area (Å²) in [6.45, 7) is 11.0. The van der Waals surface area contributed by atoms with E-state index in [0.717, 1.165) is 41.0 Å². The second kappa shape index (κ2) is 10.9. The smallest absolute Gasteiger partial charge is 0.254 e. The van der Waals surface area contributed by atoms with Gasteiger partial charge in [0.25, 0.3) is 5.91 Å². The van der Waals surface area contributed by atoms with Crippen LogP contribution in [0.3, 0.4) is 0 Å². The van der Waals surface area contributed by atoms with Crippen LogP contribution in [0.4, 0.5) is 5.69 Å². The lowest BCUT2D eigenvalue weighted by molar-refractivity contribution is -0.113. The van der Waals surface area contributed by atoms with Crippen molar-refractivity contribution in [3.8, 4) is 0 Å². The number of anilines is 1. The van der Waals surface area contributed by atoms with Gasteiger partial charge in [0.15, 0.2) is 11.0 Å². The van der Waals surface area contributed by atoms with Crippen LogP contribution in [0.15, 0.2) is 60.3 Å². The molecule has 1 aromatic heterocycles. The zero-order valence-electron chi connectivity index (χ0n) is 20.5. The zero-order chi connectivity index (χ0) is 24.9. The summed E-state index contributed by atoms with van der Waals surface area (Å²) in [5.74, 6) is 0.857. The standard InChI is InChI=1S/C27H31N5O2S/c1-5-14-32-25(23-11-8-15-31(23)26(34)21-10-7-6-9-19(21)3)29-30-27(32)35-17-24(33)28-22-13-12-18(2)16-20(22)4/h5-7,9-10,12-13,16,23H,1,8,11,14-15,17H2,2-4H3,(H,28,33). The van der Waals surface area contributed by atoms with Gasteiger partial charge in [-0.1, -0.05) is 53.7 Å². The number of aryl methyl sites for hydroxylation is 3. The number of amides is 2. The highest BCUT2D eigenvalue weighted by atomic mass is 32.2. The number of thioether (sulfide) groups is 1. The summed E-state index contributed by atoms with van der Waals surface area (Å²) in [5, 5.41) is 12.5. The fourth-order valence-electron chi connectivity index (χ4n) is 4.47. The minimum atomic E-state index is -0.159. The average Bonchev–Trinajstić information content (AvgIpc) is 3.47. The third-order valence-corrected chi connectivity index (χ3v) is 7.20. The minimum Gasteiger partial charge on any atom is -0.328 e. The number of rotatable bonds is 8. The fourth-order valence-corrected chi connectivity index (χ4v) is 5.22. The van der Waals surface area contributed by atoms with Gasteiger partial charge in [0.1, 0.15) is 0 Å². The summed E-state index contributed by atoms with van der Waals surface area (Å²) in [4.78, 5) is 27.9. The second-order valence-electron chi connectivity index (χ2n) is 8.87. The van der Waals surface area contributed by atoms with Crippen molar-refractivity contribution in [3.63, 3.8) is 0 Å². The van der Waals surface area contributed by atoms with E-state index in [0.29, 0.717) is 23.8 Å². The van der Waals surface area contributed by atoms with Gasteiger partial charge in [-0.25, -0.2) is 0 Å². The zero-order valence-corrected chi connectivity index (χ0v) is 21.3. The molecule has 2 amide bonds. The lowest BCUT2D eigenvalue weighted by Gasteiger charge is -2.25. The monoisotopic (exact) mass is 489 g/mol. The summed E-state index contributed by atoms with van der Waals surface area (Å²) >= 11 is 1.34. The van der Waals surface area contributed by atoms with Crippen molar-refractivity contribution in [2.24, 2.45) is 0 Å². The van der Waals surface area contributed by atoms with Gasteiger partial charge in [0.05, 0.1) is 11.8 Å². The van der Waals surface area contributed by atoms with Crippen LogP contribution in [0, 0.1) is 20.8 Å². The van der Waals surface area contributed by atoms with Gasteiger partial charge < -0.3 is 14.8 Å². The van der Waals surface area contributed by atoms with Gasteiger partial charge in [-0.3, -0.25) is 9.59 Å². The topological polar surface area (TPSA) is 80.1 Å². The Hall–Kier alpha value is -3.39. The van der Waals surface area contributed by atoms with Gasteiger partial charge in [0.2, 0.25) is 5.91 Å². The fraction of sp³-hybridized carbons (Fsp3) is 0.333. The Labute approximate surface area is 210 Å². The van der Waals surface area contributed by atoms with Crippen LogP contribution in [0.2, 0.25) is 0 Å². The largest absolute Gasteiger partial charge is 0.328 e. The van der Waals surface area contributed by atoms with Crippen molar-refractivity contribution < 1.29 is 9.59 Å². The molecule has 182 valence electrons. The first-order valence-corrected chi connectivity index (χ1v) is 12.8. The van der Waals surface area contributed by atoms with Crippen LogP contribution >= 0.6 is 11.8 Å². The second-order valence-corrected chi connectivity index (χ2v) is 9.81. The maximum absolute atomic E-state index is 13.4. The number of hydrogen-bond donors (Lipinski definition) is 1.